The molecule has 0 radical (unpaired) electrons. The second kappa shape index (κ2) is 8.44. The van der Waals surface area contributed by atoms with Gasteiger partial charge in [-0.05, 0) is 31.5 Å². The number of nitrogens with one attached hydrogen (secondary N) is 1. The standard InChI is InChI=1S/C18H17ClN2O5/c1-11-14(7-5-9-16(11)21(24)25)18(23)26-12(2)17(22)20-10-13-6-3-4-8-15(13)19/h3-9,12H,10H2,1-2H3,(H,20,22). The Balaban J connectivity index is 2.00. The number of nitro groups is 1. The molecule has 0 aliphatic carbocycles. The summed E-state index contributed by atoms with van der Waals surface area (Å²) < 4.78 is 5.13. The molecule has 0 heterocycles. The van der Waals surface area contributed by atoms with Crippen LogP contribution in [-0.2, 0) is 16.1 Å². The van der Waals surface area contributed by atoms with Crippen molar-refractivity contribution in [1.29, 1.82) is 0 Å². The van der Waals surface area contributed by atoms with Gasteiger partial charge in [-0.15, -0.1) is 0 Å². The van der Waals surface area contributed by atoms with E-state index in [1.54, 1.807) is 24.3 Å². The Morgan fingerprint density at radius 3 is 2.58 bits per heavy atom. The number of carbonyl (C=O) groups excluding carboxylic acids is 2. The first-order valence-electron chi connectivity index (χ1n) is 7.77. The number of hydrogen-bond acceptors (Lipinski definition) is 5. The fourth-order valence-corrected chi connectivity index (χ4v) is 2.49. The maximum absolute atomic E-state index is 12.2. The van der Waals surface area contributed by atoms with Crippen molar-refractivity contribution in [2.45, 2.75) is 26.5 Å². The molecule has 0 saturated heterocycles. The zero-order valence-corrected chi connectivity index (χ0v) is 14.9. The van der Waals surface area contributed by atoms with Gasteiger partial charge in [-0.25, -0.2) is 4.79 Å². The van der Waals surface area contributed by atoms with Crippen LogP contribution in [0.5, 0.6) is 0 Å². The normalized spacial score (nSPS) is 11.5. The highest BCUT2D eigenvalue weighted by molar-refractivity contribution is 6.31. The minimum atomic E-state index is -1.07. The van der Waals surface area contributed by atoms with Gasteiger partial charge in [0, 0.05) is 23.2 Å². The second-order valence-corrected chi connectivity index (χ2v) is 5.97. The highest BCUT2D eigenvalue weighted by Crippen LogP contribution is 2.22. The van der Waals surface area contributed by atoms with Crippen LogP contribution in [0.1, 0.15) is 28.4 Å². The first kappa shape index (κ1) is 19.4. The summed E-state index contributed by atoms with van der Waals surface area (Å²) in [6, 6.07) is 11.2. The summed E-state index contributed by atoms with van der Waals surface area (Å²) in [7, 11) is 0. The van der Waals surface area contributed by atoms with Crippen LogP contribution in [0.15, 0.2) is 42.5 Å². The number of nitro benzene ring substituents is 1. The molecule has 1 atom stereocenters. The summed E-state index contributed by atoms with van der Waals surface area (Å²) in [5, 5.41) is 14.1. The van der Waals surface area contributed by atoms with Crippen molar-refractivity contribution < 1.29 is 19.2 Å². The fourth-order valence-electron chi connectivity index (χ4n) is 2.29. The zero-order chi connectivity index (χ0) is 19.3. The number of ether oxygens (including phenoxy) is 1. The predicted molar refractivity (Wildman–Crippen MR) is 96.0 cm³/mol. The summed E-state index contributed by atoms with van der Waals surface area (Å²) >= 11 is 6.02. The number of benzene rings is 2. The lowest BCUT2D eigenvalue weighted by Crippen LogP contribution is -2.35. The van der Waals surface area contributed by atoms with Gasteiger partial charge in [-0.3, -0.25) is 14.9 Å². The molecule has 0 saturated carbocycles. The number of rotatable bonds is 6. The number of carbonyl (C=O) groups is 2. The third-order valence-corrected chi connectivity index (χ3v) is 4.15. The first-order valence-corrected chi connectivity index (χ1v) is 8.15. The van der Waals surface area contributed by atoms with Crippen LogP contribution in [0.2, 0.25) is 5.02 Å². The van der Waals surface area contributed by atoms with Crippen LogP contribution in [-0.4, -0.2) is 22.9 Å². The van der Waals surface area contributed by atoms with Gasteiger partial charge in [0.1, 0.15) is 0 Å². The maximum Gasteiger partial charge on any atom is 0.339 e. The summed E-state index contributed by atoms with van der Waals surface area (Å²) in [5.41, 5.74) is 0.780. The average Bonchev–Trinajstić information content (AvgIpc) is 2.60. The average molecular weight is 377 g/mol. The van der Waals surface area contributed by atoms with Crippen molar-refractivity contribution in [1.82, 2.24) is 5.32 Å². The van der Waals surface area contributed by atoms with E-state index in [-0.39, 0.29) is 23.4 Å². The van der Waals surface area contributed by atoms with Gasteiger partial charge in [0.05, 0.1) is 10.5 Å². The zero-order valence-electron chi connectivity index (χ0n) is 14.2. The molecule has 8 heteroatoms. The van der Waals surface area contributed by atoms with Crippen LogP contribution in [0.25, 0.3) is 0 Å². The minimum absolute atomic E-state index is 0.0463. The predicted octanol–water partition coefficient (Wildman–Crippen LogP) is 3.42. The number of amides is 1. The molecule has 2 rings (SSSR count). The Kier molecular flexibility index (Phi) is 6.30. The third-order valence-electron chi connectivity index (χ3n) is 3.79. The van der Waals surface area contributed by atoms with Gasteiger partial charge < -0.3 is 10.1 Å². The molecule has 0 aliphatic rings. The molecule has 0 fully saturated rings. The molecule has 2 aromatic rings. The number of esters is 1. The van der Waals surface area contributed by atoms with Gasteiger partial charge in [-0.2, -0.15) is 0 Å². The topological polar surface area (TPSA) is 98.5 Å². The van der Waals surface area contributed by atoms with E-state index < -0.39 is 22.9 Å². The Hall–Kier alpha value is -2.93. The lowest BCUT2D eigenvalue weighted by Gasteiger charge is -2.14. The van der Waals surface area contributed by atoms with Crippen LogP contribution in [0, 0.1) is 17.0 Å². The molecule has 0 bridgehead atoms. The SMILES string of the molecule is Cc1c(C(=O)OC(C)C(=O)NCc2ccccc2Cl)cccc1[N+](=O)[O-]. The van der Waals surface area contributed by atoms with Gasteiger partial charge in [0.15, 0.2) is 6.10 Å². The third kappa shape index (κ3) is 4.58. The highest BCUT2D eigenvalue weighted by atomic mass is 35.5. The van der Waals surface area contributed by atoms with E-state index in [1.165, 1.54) is 32.0 Å². The summed E-state index contributed by atoms with van der Waals surface area (Å²) in [6.45, 7) is 3.07. The quantitative estimate of drug-likeness (QED) is 0.473. The van der Waals surface area contributed by atoms with Crippen LogP contribution >= 0.6 is 11.6 Å². The maximum atomic E-state index is 12.2. The van der Waals surface area contributed by atoms with Crippen molar-refractivity contribution in [2.24, 2.45) is 0 Å². The van der Waals surface area contributed by atoms with E-state index in [9.17, 15) is 19.7 Å². The van der Waals surface area contributed by atoms with Crippen LogP contribution in [0.4, 0.5) is 5.69 Å². The second-order valence-electron chi connectivity index (χ2n) is 5.56. The molecule has 0 aliphatic heterocycles. The molecule has 136 valence electrons. The lowest BCUT2D eigenvalue weighted by molar-refractivity contribution is -0.385. The van der Waals surface area contributed by atoms with E-state index in [4.69, 9.17) is 16.3 Å². The Morgan fingerprint density at radius 2 is 1.92 bits per heavy atom. The summed E-state index contributed by atoms with van der Waals surface area (Å²) in [4.78, 5) is 34.7. The minimum Gasteiger partial charge on any atom is -0.449 e. The van der Waals surface area contributed by atoms with Crippen LogP contribution < -0.4 is 5.32 Å². The van der Waals surface area contributed by atoms with Gasteiger partial charge in [0.25, 0.3) is 11.6 Å². The molecule has 1 unspecified atom stereocenters. The molecule has 0 aromatic heterocycles. The summed E-state index contributed by atoms with van der Waals surface area (Å²) in [6.07, 6.45) is -1.07. The number of hydrogen-bond donors (Lipinski definition) is 1. The largest absolute Gasteiger partial charge is 0.449 e. The molecule has 1 N–H and O–H groups in total. The first-order chi connectivity index (χ1) is 12.3. The van der Waals surface area contributed by atoms with Crippen molar-refractivity contribution in [3.63, 3.8) is 0 Å². The van der Waals surface area contributed by atoms with Crippen molar-refractivity contribution in [3.05, 3.63) is 74.3 Å². The number of halogens is 1. The number of nitrogens with zero attached hydrogens (tertiary/aromatic N) is 1. The Labute approximate surface area is 155 Å². The van der Waals surface area contributed by atoms with Gasteiger partial charge in [0.2, 0.25) is 0 Å². The highest BCUT2D eigenvalue weighted by Gasteiger charge is 2.23. The van der Waals surface area contributed by atoms with Crippen LogP contribution in [0.3, 0.4) is 0 Å². The van der Waals surface area contributed by atoms with E-state index in [0.29, 0.717) is 5.02 Å². The molecule has 2 aromatic carbocycles. The molecular weight excluding hydrogens is 360 g/mol. The van der Waals surface area contributed by atoms with Crippen molar-refractivity contribution >= 4 is 29.2 Å². The Bertz CT molecular complexity index is 853. The molecule has 26 heavy (non-hydrogen) atoms. The lowest BCUT2D eigenvalue weighted by atomic mass is 10.1. The Morgan fingerprint density at radius 1 is 1.23 bits per heavy atom. The van der Waals surface area contributed by atoms with Gasteiger partial charge in [-0.1, -0.05) is 35.9 Å². The monoisotopic (exact) mass is 376 g/mol. The molecule has 1 amide bonds. The van der Waals surface area contributed by atoms with E-state index in [1.807, 2.05) is 0 Å². The van der Waals surface area contributed by atoms with E-state index in [0.717, 1.165) is 5.56 Å². The molecule has 0 spiro atoms. The van der Waals surface area contributed by atoms with E-state index >= 15 is 0 Å². The molecular formula is C18H17ClN2O5. The van der Waals surface area contributed by atoms with Gasteiger partial charge >= 0.3 is 5.97 Å². The van der Waals surface area contributed by atoms with Crippen molar-refractivity contribution in [2.75, 3.05) is 0 Å². The van der Waals surface area contributed by atoms with Crippen molar-refractivity contribution in [3.8, 4) is 0 Å². The molecule has 7 nitrogen and oxygen atoms in total. The smallest absolute Gasteiger partial charge is 0.339 e. The summed E-state index contributed by atoms with van der Waals surface area (Å²) in [5.74, 6) is -1.30. The van der Waals surface area contributed by atoms with E-state index in [2.05, 4.69) is 5.32 Å². The fraction of sp³-hybridized carbons (Fsp3) is 0.222.